The van der Waals surface area contributed by atoms with E-state index in [2.05, 4.69) is 4.98 Å². The van der Waals surface area contributed by atoms with Crippen molar-refractivity contribution in [1.29, 1.82) is 0 Å². The number of carbonyl (C=O) groups is 2. The van der Waals surface area contributed by atoms with Crippen LogP contribution in [0.15, 0.2) is 49.1 Å². The molecule has 3 rings (SSSR count). The Morgan fingerprint density at radius 2 is 1.92 bits per heavy atom. The molecule has 1 saturated heterocycles. The van der Waals surface area contributed by atoms with E-state index in [0.717, 1.165) is 0 Å². The molecule has 0 unspecified atom stereocenters. The van der Waals surface area contributed by atoms with Crippen LogP contribution < -0.4 is 4.74 Å². The molecule has 1 aromatic carbocycles. The summed E-state index contributed by atoms with van der Waals surface area (Å²) in [6.07, 6.45) is 6.07. The van der Waals surface area contributed by atoms with Crippen LogP contribution in [0.25, 0.3) is 0 Å². The van der Waals surface area contributed by atoms with E-state index in [1.165, 1.54) is 0 Å². The van der Waals surface area contributed by atoms with Gasteiger partial charge in [-0.3, -0.25) is 4.79 Å². The summed E-state index contributed by atoms with van der Waals surface area (Å²) < 4.78 is 7.65. The molecule has 1 aliphatic heterocycles. The van der Waals surface area contributed by atoms with Gasteiger partial charge in [0.15, 0.2) is 0 Å². The van der Waals surface area contributed by atoms with Crippen LogP contribution in [0.1, 0.15) is 19.3 Å². The molecule has 7 heteroatoms. The van der Waals surface area contributed by atoms with Gasteiger partial charge in [-0.2, -0.15) is 0 Å². The Morgan fingerprint density at radius 3 is 2.52 bits per heavy atom. The molecular formula is C18H21N3O4. The zero-order valence-corrected chi connectivity index (χ0v) is 13.9. The Kier molecular flexibility index (Phi) is 5.02. The minimum Gasteiger partial charge on any atom is -0.478 e. The number of carbonyl (C=O) groups excluding carboxylic acids is 1. The Labute approximate surface area is 145 Å². The van der Waals surface area contributed by atoms with Crippen molar-refractivity contribution in [1.82, 2.24) is 14.5 Å². The number of imidazole rings is 1. The molecule has 1 aromatic heterocycles. The third-order valence-corrected chi connectivity index (χ3v) is 4.51. The van der Waals surface area contributed by atoms with Gasteiger partial charge in [0.1, 0.15) is 5.75 Å². The number of carboxylic acid groups (broad SMARTS) is 1. The third kappa shape index (κ3) is 3.99. The van der Waals surface area contributed by atoms with Gasteiger partial charge in [0.2, 0.25) is 11.5 Å². The van der Waals surface area contributed by atoms with Gasteiger partial charge in [0.05, 0.1) is 6.33 Å². The lowest BCUT2D eigenvalue weighted by Gasteiger charge is -2.39. The monoisotopic (exact) mass is 343 g/mol. The molecule has 0 spiro atoms. The SMILES string of the molecule is O=C(CCn1ccnc1)N1CCC(Oc2ccccc2)(C(=O)O)CC1. The van der Waals surface area contributed by atoms with E-state index >= 15 is 0 Å². The number of carboxylic acids is 1. The summed E-state index contributed by atoms with van der Waals surface area (Å²) in [6.45, 7) is 1.32. The summed E-state index contributed by atoms with van der Waals surface area (Å²) in [6, 6.07) is 8.95. The van der Waals surface area contributed by atoms with Gasteiger partial charge in [-0.1, -0.05) is 18.2 Å². The summed E-state index contributed by atoms with van der Waals surface area (Å²) >= 11 is 0. The van der Waals surface area contributed by atoms with E-state index in [0.29, 0.717) is 31.8 Å². The highest BCUT2D eigenvalue weighted by atomic mass is 16.5. The van der Waals surface area contributed by atoms with Gasteiger partial charge in [-0.25, -0.2) is 9.78 Å². The van der Waals surface area contributed by atoms with Crippen LogP contribution in [-0.2, 0) is 16.1 Å². The summed E-state index contributed by atoms with van der Waals surface area (Å²) in [5, 5.41) is 9.66. The zero-order chi connectivity index (χ0) is 17.7. The average Bonchev–Trinajstić information content (AvgIpc) is 3.14. The first-order valence-electron chi connectivity index (χ1n) is 8.30. The first-order chi connectivity index (χ1) is 12.1. The Morgan fingerprint density at radius 1 is 1.20 bits per heavy atom. The van der Waals surface area contributed by atoms with Gasteiger partial charge in [-0.05, 0) is 12.1 Å². The Balaban J connectivity index is 1.58. The number of hydrogen-bond donors (Lipinski definition) is 1. The minimum absolute atomic E-state index is 0.0207. The average molecular weight is 343 g/mol. The summed E-state index contributed by atoms with van der Waals surface area (Å²) in [4.78, 5) is 29.8. The van der Waals surface area contributed by atoms with Gasteiger partial charge in [0.25, 0.3) is 0 Å². The van der Waals surface area contributed by atoms with Crippen LogP contribution in [0.2, 0.25) is 0 Å². The number of para-hydroxylation sites is 1. The van der Waals surface area contributed by atoms with Crippen molar-refractivity contribution in [2.75, 3.05) is 13.1 Å². The molecule has 0 atom stereocenters. The molecule has 0 aliphatic carbocycles. The highest BCUT2D eigenvalue weighted by Gasteiger charge is 2.44. The van der Waals surface area contributed by atoms with Crippen molar-refractivity contribution in [3.63, 3.8) is 0 Å². The molecule has 7 nitrogen and oxygen atoms in total. The van der Waals surface area contributed by atoms with Crippen molar-refractivity contribution in [3.8, 4) is 5.75 Å². The number of rotatable bonds is 6. The summed E-state index contributed by atoms with van der Waals surface area (Å²) in [5.41, 5.74) is -1.28. The van der Waals surface area contributed by atoms with Crippen LogP contribution in [0.4, 0.5) is 0 Å². The molecule has 132 valence electrons. The predicted octanol–water partition coefficient (Wildman–Crippen LogP) is 1.80. The molecule has 25 heavy (non-hydrogen) atoms. The highest BCUT2D eigenvalue weighted by molar-refractivity contribution is 5.80. The minimum atomic E-state index is -1.28. The maximum atomic E-state index is 12.3. The number of hydrogen-bond acceptors (Lipinski definition) is 4. The second-order valence-corrected chi connectivity index (χ2v) is 6.15. The molecule has 0 saturated carbocycles. The quantitative estimate of drug-likeness (QED) is 0.864. The van der Waals surface area contributed by atoms with Crippen molar-refractivity contribution in [3.05, 3.63) is 49.1 Å². The van der Waals surface area contributed by atoms with Crippen molar-refractivity contribution >= 4 is 11.9 Å². The van der Waals surface area contributed by atoms with Crippen molar-refractivity contribution < 1.29 is 19.4 Å². The van der Waals surface area contributed by atoms with Crippen LogP contribution >= 0.6 is 0 Å². The first kappa shape index (κ1) is 17.0. The fraction of sp³-hybridized carbons (Fsp3) is 0.389. The van der Waals surface area contributed by atoms with E-state index < -0.39 is 11.6 Å². The van der Waals surface area contributed by atoms with Crippen LogP contribution in [-0.4, -0.2) is 50.1 Å². The van der Waals surface area contributed by atoms with Gasteiger partial charge < -0.3 is 19.3 Å². The molecule has 1 aliphatic rings. The number of aliphatic carboxylic acids is 1. The number of aromatic nitrogens is 2. The number of ether oxygens (including phenoxy) is 1. The molecular weight excluding hydrogens is 322 g/mol. The highest BCUT2D eigenvalue weighted by Crippen LogP contribution is 2.29. The van der Waals surface area contributed by atoms with Crippen molar-refractivity contribution in [2.45, 2.75) is 31.4 Å². The topological polar surface area (TPSA) is 84.7 Å². The number of benzene rings is 1. The summed E-state index contributed by atoms with van der Waals surface area (Å²) in [5.74, 6) is -0.431. The van der Waals surface area contributed by atoms with Gasteiger partial charge in [-0.15, -0.1) is 0 Å². The largest absolute Gasteiger partial charge is 0.478 e. The molecule has 0 radical (unpaired) electrons. The van der Waals surface area contributed by atoms with Crippen LogP contribution in [0.5, 0.6) is 5.75 Å². The van der Waals surface area contributed by atoms with E-state index in [9.17, 15) is 14.7 Å². The summed E-state index contributed by atoms with van der Waals surface area (Å²) in [7, 11) is 0. The number of amides is 1. The number of aryl methyl sites for hydroxylation is 1. The maximum absolute atomic E-state index is 12.3. The van der Waals surface area contributed by atoms with Gasteiger partial charge in [0, 0.05) is 51.3 Å². The van der Waals surface area contributed by atoms with E-state index in [1.807, 2.05) is 16.8 Å². The second-order valence-electron chi connectivity index (χ2n) is 6.15. The lowest BCUT2D eigenvalue weighted by molar-refractivity contribution is -0.161. The molecule has 2 heterocycles. The Bertz CT molecular complexity index is 707. The predicted molar refractivity (Wildman–Crippen MR) is 90.1 cm³/mol. The standard InChI is InChI=1S/C18H21N3O4/c22-16(6-10-20-13-9-19-14-20)21-11-7-18(8-12-21,17(23)24)25-15-4-2-1-3-5-15/h1-5,9,13-14H,6-8,10-12H2,(H,23,24). The molecule has 2 aromatic rings. The third-order valence-electron chi connectivity index (χ3n) is 4.51. The zero-order valence-electron chi connectivity index (χ0n) is 13.9. The van der Waals surface area contributed by atoms with Crippen molar-refractivity contribution in [2.24, 2.45) is 0 Å². The number of piperidine rings is 1. The number of nitrogens with zero attached hydrogens (tertiary/aromatic N) is 3. The normalized spacial score (nSPS) is 16.4. The van der Waals surface area contributed by atoms with E-state index in [4.69, 9.17) is 4.74 Å². The fourth-order valence-corrected chi connectivity index (χ4v) is 2.99. The van der Waals surface area contributed by atoms with Crippen LogP contribution in [0, 0.1) is 0 Å². The second kappa shape index (κ2) is 7.38. The molecule has 1 amide bonds. The number of likely N-dealkylation sites (tertiary alicyclic amines) is 1. The molecule has 1 fully saturated rings. The van der Waals surface area contributed by atoms with Gasteiger partial charge >= 0.3 is 5.97 Å². The first-order valence-corrected chi connectivity index (χ1v) is 8.30. The lowest BCUT2D eigenvalue weighted by Crippen LogP contribution is -2.54. The maximum Gasteiger partial charge on any atom is 0.348 e. The smallest absolute Gasteiger partial charge is 0.348 e. The molecule has 0 bridgehead atoms. The lowest BCUT2D eigenvalue weighted by atomic mass is 9.91. The Hall–Kier alpha value is -2.83. The fourth-order valence-electron chi connectivity index (χ4n) is 2.99. The van der Waals surface area contributed by atoms with E-state index in [1.54, 1.807) is 41.7 Å². The van der Waals surface area contributed by atoms with E-state index in [-0.39, 0.29) is 18.7 Å². The molecule has 1 N–H and O–H groups in total. The van der Waals surface area contributed by atoms with Crippen LogP contribution in [0.3, 0.4) is 0 Å².